The SMILES string of the molecule is O=c1cc(C(F)F)nc(N2CCN(c3ncccn3)CC2)[nH]1. The molecule has 3 rings (SSSR count). The van der Waals surface area contributed by atoms with Crippen LogP contribution >= 0.6 is 0 Å². The number of hydrogen-bond donors (Lipinski definition) is 1. The summed E-state index contributed by atoms with van der Waals surface area (Å²) in [5.41, 5.74) is -1.08. The summed E-state index contributed by atoms with van der Waals surface area (Å²) in [6, 6.07) is 2.56. The molecule has 1 fully saturated rings. The third-order valence-corrected chi connectivity index (χ3v) is 3.39. The molecule has 0 bridgehead atoms. The third kappa shape index (κ3) is 3.02. The van der Waals surface area contributed by atoms with Crippen LogP contribution in [-0.2, 0) is 0 Å². The second-order valence-corrected chi connectivity index (χ2v) is 4.82. The smallest absolute Gasteiger partial charge is 0.280 e. The molecule has 0 spiro atoms. The van der Waals surface area contributed by atoms with E-state index in [2.05, 4.69) is 19.9 Å². The minimum absolute atomic E-state index is 0.177. The number of aromatic amines is 1. The number of piperazine rings is 1. The lowest BCUT2D eigenvalue weighted by atomic mass is 10.3. The second-order valence-electron chi connectivity index (χ2n) is 4.82. The minimum atomic E-state index is -2.76. The van der Waals surface area contributed by atoms with Crippen molar-refractivity contribution in [2.24, 2.45) is 0 Å². The van der Waals surface area contributed by atoms with Crippen molar-refractivity contribution in [1.82, 2.24) is 19.9 Å². The van der Waals surface area contributed by atoms with E-state index in [-0.39, 0.29) is 5.95 Å². The highest BCUT2D eigenvalue weighted by molar-refractivity contribution is 5.37. The number of nitrogens with zero attached hydrogens (tertiary/aromatic N) is 5. The van der Waals surface area contributed by atoms with Crippen LogP contribution in [0.3, 0.4) is 0 Å². The van der Waals surface area contributed by atoms with Gasteiger partial charge in [0, 0.05) is 44.6 Å². The highest BCUT2D eigenvalue weighted by Crippen LogP contribution is 2.18. The molecule has 116 valence electrons. The Morgan fingerprint density at radius 1 is 1.09 bits per heavy atom. The van der Waals surface area contributed by atoms with Crippen molar-refractivity contribution in [3.63, 3.8) is 0 Å². The Morgan fingerprint density at radius 2 is 1.73 bits per heavy atom. The van der Waals surface area contributed by atoms with Crippen LogP contribution in [0.4, 0.5) is 20.7 Å². The number of nitrogens with one attached hydrogen (secondary N) is 1. The lowest BCUT2D eigenvalue weighted by molar-refractivity contribution is 0.146. The van der Waals surface area contributed by atoms with Crippen LogP contribution in [-0.4, -0.2) is 46.1 Å². The van der Waals surface area contributed by atoms with Gasteiger partial charge in [-0.3, -0.25) is 9.78 Å². The molecule has 1 saturated heterocycles. The Hall–Kier alpha value is -2.58. The molecule has 22 heavy (non-hydrogen) atoms. The predicted molar refractivity (Wildman–Crippen MR) is 76.3 cm³/mol. The van der Waals surface area contributed by atoms with Crippen LogP contribution in [0.15, 0.2) is 29.3 Å². The molecule has 0 unspecified atom stereocenters. The van der Waals surface area contributed by atoms with Crippen molar-refractivity contribution in [2.75, 3.05) is 36.0 Å². The van der Waals surface area contributed by atoms with Crippen LogP contribution < -0.4 is 15.4 Å². The van der Waals surface area contributed by atoms with Gasteiger partial charge in [-0.1, -0.05) is 0 Å². The molecule has 9 heteroatoms. The molecule has 0 amide bonds. The highest BCUT2D eigenvalue weighted by atomic mass is 19.3. The second kappa shape index (κ2) is 6.04. The first-order chi connectivity index (χ1) is 10.6. The van der Waals surface area contributed by atoms with Gasteiger partial charge >= 0.3 is 0 Å². The zero-order chi connectivity index (χ0) is 15.5. The summed E-state index contributed by atoms with van der Waals surface area (Å²) in [5.74, 6) is 0.807. The monoisotopic (exact) mass is 308 g/mol. The number of rotatable bonds is 3. The summed E-state index contributed by atoms with van der Waals surface area (Å²) < 4.78 is 25.4. The first-order valence-corrected chi connectivity index (χ1v) is 6.80. The van der Waals surface area contributed by atoms with Crippen LogP contribution in [0.2, 0.25) is 0 Å². The van der Waals surface area contributed by atoms with Gasteiger partial charge in [-0.05, 0) is 6.07 Å². The average Bonchev–Trinajstić information content (AvgIpc) is 2.55. The van der Waals surface area contributed by atoms with Crippen LogP contribution in [0.1, 0.15) is 12.1 Å². The molecule has 2 aromatic rings. The highest BCUT2D eigenvalue weighted by Gasteiger charge is 2.21. The zero-order valence-electron chi connectivity index (χ0n) is 11.6. The number of alkyl halides is 2. The van der Waals surface area contributed by atoms with Crippen LogP contribution in [0, 0.1) is 0 Å². The van der Waals surface area contributed by atoms with Crippen molar-refractivity contribution in [3.8, 4) is 0 Å². The molecular formula is C13H14F2N6O. The van der Waals surface area contributed by atoms with Crippen LogP contribution in [0.25, 0.3) is 0 Å². The summed E-state index contributed by atoms with van der Waals surface area (Å²) in [5, 5.41) is 0. The molecule has 0 aromatic carbocycles. The van der Waals surface area contributed by atoms with Crippen molar-refractivity contribution >= 4 is 11.9 Å². The zero-order valence-corrected chi connectivity index (χ0v) is 11.6. The number of hydrogen-bond acceptors (Lipinski definition) is 6. The summed E-state index contributed by atoms with van der Waals surface area (Å²) in [7, 11) is 0. The van der Waals surface area contributed by atoms with E-state index in [0.717, 1.165) is 6.07 Å². The van der Waals surface area contributed by atoms with Crippen molar-refractivity contribution in [1.29, 1.82) is 0 Å². The quantitative estimate of drug-likeness (QED) is 0.904. The van der Waals surface area contributed by atoms with E-state index in [4.69, 9.17) is 0 Å². The first kappa shape index (κ1) is 14.4. The summed E-state index contributed by atoms with van der Waals surface area (Å²) in [4.78, 5) is 29.9. The Morgan fingerprint density at radius 3 is 2.36 bits per heavy atom. The Bertz CT molecular complexity index is 684. The fraction of sp³-hybridized carbons (Fsp3) is 0.385. The third-order valence-electron chi connectivity index (χ3n) is 3.39. The molecule has 0 radical (unpaired) electrons. The molecule has 0 saturated carbocycles. The van der Waals surface area contributed by atoms with Gasteiger partial charge in [-0.15, -0.1) is 0 Å². The normalized spacial score (nSPS) is 15.4. The fourth-order valence-corrected chi connectivity index (χ4v) is 2.30. The number of anilines is 2. The van der Waals surface area contributed by atoms with Gasteiger partial charge in [0.2, 0.25) is 11.9 Å². The van der Waals surface area contributed by atoms with Gasteiger partial charge in [-0.25, -0.2) is 23.7 Å². The van der Waals surface area contributed by atoms with Gasteiger partial charge in [0.15, 0.2) is 0 Å². The molecule has 1 aliphatic rings. The molecule has 7 nitrogen and oxygen atoms in total. The maximum Gasteiger partial charge on any atom is 0.280 e. The summed E-state index contributed by atoms with van der Waals surface area (Å²) in [6.45, 7) is 2.31. The molecule has 1 N–H and O–H groups in total. The largest absolute Gasteiger partial charge is 0.339 e. The van der Waals surface area contributed by atoms with Gasteiger partial charge in [-0.2, -0.15) is 0 Å². The van der Waals surface area contributed by atoms with Gasteiger partial charge in [0.25, 0.3) is 12.0 Å². The van der Waals surface area contributed by atoms with Crippen molar-refractivity contribution in [2.45, 2.75) is 6.43 Å². The standard InChI is InChI=1S/C13H14F2N6O/c14-11(15)9-8-10(22)19-13(18-9)21-6-4-20(5-7-21)12-16-2-1-3-17-12/h1-3,8,11H,4-7H2,(H,18,19,22). The average molecular weight is 308 g/mol. The van der Waals surface area contributed by atoms with E-state index in [9.17, 15) is 13.6 Å². The molecule has 2 aromatic heterocycles. The van der Waals surface area contributed by atoms with E-state index in [1.165, 1.54) is 0 Å². The summed E-state index contributed by atoms with van der Waals surface area (Å²) >= 11 is 0. The topological polar surface area (TPSA) is 78.0 Å². The fourth-order valence-electron chi connectivity index (χ4n) is 2.30. The Labute approximate surface area is 124 Å². The summed E-state index contributed by atoms with van der Waals surface area (Å²) in [6.07, 6.45) is 0.569. The lowest BCUT2D eigenvalue weighted by Gasteiger charge is -2.34. The van der Waals surface area contributed by atoms with Crippen LogP contribution in [0.5, 0.6) is 0 Å². The maximum atomic E-state index is 12.7. The van der Waals surface area contributed by atoms with Gasteiger partial charge in [0.05, 0.1) is 0 Å². The predicted octanol–water partition coefficient (Wildman–Crippen LogP) is 0.824. The van der Waals surface area contributed by atoms with Crippen molar-refractivity contribution in [3.05, 3.63) is 40.6 Å². The van der Waals surface area contributed by atoms with Gasteiger partial charge in [0.1, 0.15) is 5.69 Å². The lowest BCUT2D eigenvalue weighted by Crippen LogP contribution is -2.48. The Kier molecular flexibility index (Phi) is 3.94. The van der Waals surface area contributed by atoms with Gasteiger partial charge < -0.3 is 9.80 Å². The number of H-pyrrole nitrogens is 1. The van der Waals surface area contributed by atoms with E-state index < -0.39 is 17.7 Å². The first-order valence-electron chi connectivity index (χ1n) is 6.80. The van der Waals surface area contributed by atoms with E-state index in [0.29, 0.717) is 32.1 Å². The van der Waals surface area contributed by atoms with Crippen molar-refractivity contribution < 1.29 is 8.78 Å². The molecule has 0 atom stereocenters. The van der Waals surface area contributed by atoms with E-state index in [1.54, 1.807) is 23.4 Å². The number of halogens is 2. The number of aromatic nitrogens is 4. The molecule has 3 heterocycles. The Balaban J connectivity index is 1.73. The molecule has 1 aliphatic heterocycles. The minimum Gasteiger partial charge on any atom is -0.339 e. The maximum absolute atomic E-state index is 12.7. The van der Waals surface area contributed by atoms with E-state index in [1.807, 2.05) is 4.90 Å². The van der Waals surface area contributed by atoms with E-state index >= 15 is 0 Å². The molecular weight excluding hydrogens is 294 g/mol. The molecule has 0 aliphatic carbocycles.